The molecule has 0 bridgehead atoms. The Hall–Kier alpha value is -2.92. The third-order valence-corrected chi connectivity index (χ3v) is 11.4. The highest BCUT2D eigenvalue weighted by atomic mass is 16.6. The summed E-state index contributed by atoms with van der Waals surface area (Å²) in [6.07, 6.45) is 71.8. The van der Waals surface area contributed by atoms with E-state index in [2.05, 4.69) is 106 Å². The highest BCUT2D eigenvalue weighted by molar-refractivity contribution is 5.70. The summed E-state index contributed by atoms with van der Waals surface area (Å²) in [7, 11) is 0. The van der Waals surface area contributed by atoms with Gasteiger partial charge in [0.15, 0.2) is 6.10 Å². The van der Waals surface area contributed by atoms with Gasteiger partial charge in [-0.15, -0.1) is 0 Å². The molecule has 0 saturated carbocycles. The summed E-state index contributed by atoms with van der Waals surface area (Å²) in [5.41, 5.74) is 0. The molecule has 0 radical (unpaired) electrons. The number of allylic oxidation sites excluding steroid dienone is 14. The lowest BCUT2D eigenvalue weighted by Gasteiger charge is -2.18. The number of unbranched alkanes of at least 4 members (excludes halogenated alkanes) is 24. The smallest absolute Gasteiger partial charge is 0.306 e. The number of carbonyl (C=O) groups excluding carboxylic acids is 2. The van der Waals surface area contributed by atoms with Crippen LogP contribution in [0.25, 0.3) is 0 Å². The Balaban J connectivity index is 4.34. The molecular weight excluding hydrogens is 789 g/mol. The molecule has 368 valence electrons. The molecule has 0 N–H and O–H groups in total. The maximum Gasteiger partial charge on any atom is 0.306 e. The summed E-state index contributed by atoms with van der Waals surface area (Å²) in [4.78, 5) is 25.4. The van der Waals surface area contributed by atoms with E-state index >= 15 is 0 Å². The van der Waals surface area contributed by atoms with Crippen molar-refractivity contribution in [3.63, 3.8) is 0 Å². The van der Waals surface area contributed by atoms with Gasteiger partial charge in [0.1, 0.15) is 6.61 Å². The van der Waals surface area contributed by atoms with Crippen LogP contribution < -0.4 is 0 Å². The van der Waals surface area contributed by atoms with Crippen LogP contribution in [-0.2, 0) is 23.8 Å². The minimum Gasteiger partial charge on any atom is -0.462 e. The molecule has 0 aromatic carbocycles. The number of rotatable bonds is 49. The zero-order valence-corrected chi connectivity index (χ0v) is 42.3. The van der Waals surface area contributed by atoms with Crippen LogP contribution in [0.3, 0.4) is 0 Å². The predicted molar refractivity (Wildman–Crippen MR) is 279 cm³/mol. The largest absolute Gasteiger partial charge is 0.462 e. The lowest BCUT2D eigenvalue weighted by Crippen LogP contribution is -2.30. The number of ether oxygens (including phenoxy) is 3. The Morgan fingerprint density at radius 1 is 0.359 bits per heavy atom. The minimum atomic E-state index is -0.568. The number of hydrogen-bond acceptors (Lipinski definition) is 5. The van der Waals surface area contributed by atoms with Gasteiger partial charge in [-0.05, 0) is 83.5 Å². The van der Waals surface area contributed by atoms with Crippen LogP contribution in [0.2, 0.25) is 0 Å². The molecule has 0 spiro atoms. The lowest BCUT2D eigenvalue weighted by atomic mass is 10.0. The Bertz CT molecular complexity index is 1190. The average molecular weight is 891 g/mol. The third-order valence-electron chi connectivity index (χ3n) is 11.4. The van der Waals surface area contributed by atoms with Crippen molar-refractivity contribution >= 4 is 11.9 Å². The van der Waals surface area contributed by atoms with E-state index in [1.807, 2.05) is 0 Å². The van der Waals surface area contributed by atoms with Gasteiger partial charge in [0, 0.05) is 19.4 Å². The maximum absolute atomic E-state index is 12.8. The molecule has 5 heteroatoms. The second-order valence-electron chi connectivity index (χ2n) is 17.8. The van der Waals surface area contributed by atoms with E-state index in [-0.39, 0.29) is 25.2 Å². The fourth-order valence-corrected chi connectivity index (χ4v) is 7.41. The molecule has 0 aliphatic carbocycles. The van der Waals surface area contributed by atoms with Crippen LogP contribution in [0.4, 0.5) is 0 Å². The molecule has 5 nitrogen and oxygen atoms in total. The highest BCUT2D eigenvalue weighted by Gasteiger charge is 2.17. The molecule has 0 aromatic rings. The standard InChI is InChI=1S/C59H102O5/c1-4-7-10-13-16-19-22-25-27-29-31-33-36-39-42-45-48-51-54-62-55-57(64-59(61)53-50-47-44-41-38-34-24-21-18-15-12-9-6-3)56-63-58(60)52-49-46-43-40-37-35-32-30-28-26-23-20-17-14-11-8-5-2/h8,11-12,15,17,20-21,24,26,28,32,35,40,43,57H,4-7,9-10,13-14,16,18-19,22-23,25,27,29-31,33-34,36-39,41-42,44-56H2,1-3H3/b11-8-,15-12-,20-17-,24-21-,28-26-,35-32-,43-40-. The van der Waals surface area contributed by atoms with Crippen molar-refractivity contribution in [1.82, 2.24) is 0 Å². The summed E-state index contributed by atoms with van der Waals surface area (Å²) in [5, 5.41) is 0. The van der Waals surface area contributed by atoms with E-state index in [1.165, 1.54) is 122 Å². The van der Waals surface area contributed by atoms with Crippen molar-refractivity contribution in [2.24, 2.45) is 0 Å². The summed E-state index contributed by atoms with van der Waals surface area (Å²) in [5.74, 6) is -0.477. The van der Waals surface area contributed by atoms with Crippen molar-refractivity contribution < 1.29 is 23.8 Å². The van der Waals surface area contributed by atoms with Crippen molar-refractivity contribution in [2.45, 2.75) is 258 Å². The normalized spacial score (nSPS) is 12.9. The number of esters is 2. The van der Waals surface area contributed by atoms with Gasteiger partial charge in [0.2, 0.25) is 0 Å². The molecule has 0 aromatic heterocycles. The summed E-state index contributed by atoms with van der Waals surface area (Å²) < 4.78 is 17.4. The van der Waals surface area contributed by atoms with Crippen LogP contribution >= 0.6 is 0 Å². The molecule has 0 aliphatic rings. The van der Waals surface area contributed by atoms with E-state index in [1.54, 1.807) is 0 Å². The maximum atomic E-state index is 12.8. The van der Waals surface area contributed by atoms with Crippen molar-refractivity contribution in [1.29, 1.82) is 0 Å². The molecule has 0 aliphatic heterocycles. The Kier molecular flexibility index (Phi) is 51.9. The van der Waals surface area contributed by atoms with Gasteiger partial charge >= 0.3 is 11.9 Å². The zero-order valence-electron chi connectivity index (χ0n) is 42.3. The van der Waals surface area contributed by atoms with Gasteiger partial charge in [-0.3, -0.25) is 9.59 Å². The molecule has 0 fully saturated rings. The molecular formula is C59H102O5. The van der Waals surface area contributed by atoms with Crippen molar-refractivity contribution in [3.05, 3.63) is 85.1 Å². The Morgan fingerprint density at radius 2 is 0.750 bits per heavy atom. The first-order valence-electron chi connectivity index (χ1n) is 27.1. The van der Waals surface area contributed by atoms with Gasteiger partial charge in [-0.1, -0.05) is 241 Å². The van der Waals surface area contributed by atoms with Crippen LogP contribution in [0, 0.1) is 0 Å². The van der Waals surface area contributed by atoms with E-state index in [0.29, 0.717) is 19.4 Å². The monoisotopic (exact) mass is 891 g/mol. The SMILES string of the molecule is CC/C=C\C/C=C\C/C=C\C/C=C\C/C=C\CCCC(=O)OCC(COCCCCCCCCCCCCCCCCCCCC)OC(=O)CCCCCCC/C=C\C/C=C\CCC. The molecule has 1 atom stereocenters. The Morgan fingerprint density at radius 3 is 1.23 bits per heavy atom. The van der Waals surface area contributed by atoms with E-state index < -0.39 is 6.10 Å². The molecule has 0 rings (SSSR count). The number of carbonyl (C=O) groups is 2. The van der Waals surface area contributed by atoms with Gasteiger partial charge in [0.05, 0.1) is 6.61 Å². The van der Waals surface area contributed by atoms with Gasteiger partial charge in [-0.2, -0.15) is 0 Å². The zero-order chi connectivity index (χ0) is 46.3. The van der Waals surface area contributed by atoms with Gasteiger partial charge in [0.25, 0.3) is 0 Å². The van der Waals surface area contributed by atoms with E-state index in [4.69, 9.17) is 14.2 Å². The predicted octanol–water partition coefficient (Wildman–Crippen LogP) is 18.5. The molecule has 0 heterocycles. The summed E-state index contributed by atoms with van der Waals surface area (Å²) in [6, 6.07) is 0. The molecule has 1 unspecified atom stereocenters. The summed E-state index contributed by atoms with van der Waals surface area (Å²) >= 11 is 0. The van der Waals surface area contributed by atoms with Crippen molar-refractivity contribution in [3.8, 4) is 0 Å². The minimum absolute atomic E-state index is 0.0489. The molecule has 0 amide bonds. The second-order valence-corrected chi connectivity index (χ2v) is 17.8. The molecule has 0 saturated heterocycles. The quantitative estimate of drug-likeness (QED) is 0.0346. The van der Waals surface area contributed by atoms with Crippen LogP contribution in [0.5, 0.6) is 0 Å². The first kappa shape index (κ1) is 61.1. The first-order chi connectivity index (χ1) is 31.6. The third kappa shape index (κ3) is 51.7. The molecule has 64 heavy (non-hydrogen) atoms. The van der Waals surface area contributed by atoms with E-state index in [0.717, 1.165) is 96.3 Å². The average Bonchev–Trinajstić information content (AvgIpc) is 3.30. The fourth-order valence-electron chi connectivity index (χ4n) is 7.41. The van der Waals surface area contributed by atoms with E-state index in [9.17, 15) is 9.59 Å². The topological polar surface area (TPSA) is 61.8 Å². The van der Waals surface area contributed by atoms with Gasteiger partial charge < -0.3 is 14.2 Å². The number of hydrogen-bond donors (Lipinski definition) is 0. The van der Waals surface area contributed by atoms with Crippen LogP contribution in [0.1, 0.15) is 252 Å². The summed E-state index contributed by atoms with van der Waals surface area (Å²) in [6.45, 7) is 7.60. The fraction of sp³-hybridized carbons (Fsp3) is 0.729. The van der Waals surface area contributed by atoms with Crippen LogP contribution in [-0.4, -0.2) is 37.9 Å². The van der Waals surface area contributed by atoms with Crippen LogP contribution in [0.15, 0.2) is 85.1 Å². The second kappa shape index (κ2) is 54.4. The lowest BCUT2D eigenvalue weighted by molar-refractivity contribution is -0.163. The highest BCUT2D eigenvalue weighted by Crippen LogP contribution is 2.15. The van der Waals surface area contributed by atoms with Gasteiger partial charge in [-0.25, -0.2) is 0 Å². The first-order valence-corrected chi connectivity index (χ1v) is 27.1. The Labute approximate surface area is 397 Å². The van der Waals surface area contributed by atoms with Crippen molar-refractivity contribution in [2.75, 3.05) is 19.8 Å².